The van der Waals surface area contributed by atoms with Gasteiger partial charge in [0.2, 0.25) is 0 Å². The number of nitrogens with one attached hydrogen (secondary N) is 1. The van der Waals surface area contributed by atoms with E-state index in [1.54, 1.807) is 30.5 Å². The first-order valence-electron chi connectivity index (χ1n) is 9.11. The Labute approximate surface area is 157 Å². The number of pyridine rings is 1. The number of carbonyl (C=O) groups is 1. The van der Waals surface area contributed by atoms with E-state index in [4.69, 9.17) is 9.99 Å². The molecule has 2 aliphatic heterocycles. The fourth-order valence-electron chi connectivity index (χ4n) is 3.81. The molecule has 3 heterocycles. The van der Waals surface area contributed by atoms with Gasteiger partial charge in [0.25, 0.3) is 5.91 Å². The molecular weight excluding hydrogens is 346 g/mol. The minimum Gasteiger partial charge on any atom is -0.381 e. The van der Waals surface area contributed by atoms with Crippen LogP contribution >= 0.6 is 0 Å². The summed E-state index contributed by atoms with van der Waals surface area (Å²) in [5.74, 6) is 0.838. The van der Waals surface area contributed by atoms with Gasteiger partial charge in [0.1, 0.15) is 5.82 Å². The molecule has 1 spiro atoms. The van der Waals surface area contributed by atoms with Crippen molar-refractivity contribution in [1.82, 2.24) is 4.98 Å². The molecule has 2 N–H and O–H groups in total. The van der Waals surface area contributed by atoms with E-state index in [-0.39, 0.29) is 5.91 Å². The Morgan fingerprint density at radius 1 is 1.26 bits per heavy atom. The molecule has 2 fully saturated rings. The topological polar surface area (TPSA) is 83.9 Å². The maximum atomic E-state index is 12.9. The molecule has 27 heavy (non-hydrogen) atoms. The van der Waals surface area contributed by atoms with E-state index in [1.807, 2.05) is 13.0 Å². The van der Waals surface area contributed by atoms with Crippen molar-refractivity contribution >= 4 is 17.4 Å². The van der Waals surface area contributed by atoms with Crippen molar-refractivity contribution in [2.45, 2.75) is 19.8 Å². The average molecular weight is 369 g/mol. The van der Waals surface area contributed by atoms with Crippen LogP contribution in [-0.2, 0) is 4.74 Å². The first-order chi connectivity index (χ1) is 13.1. The summed E-state index contributed by atoms with van der Waals surface area (Å²) in [7, 11) is 0. The highest BCUT2D eigenvalue weighted by Crippen LogP contribution is 2.42. The summed E-state index contributed by atoms with van der Waals surface area (Å²) in [6.07, 6.45) is 3.93. The van der Waals surface area contributed by atoms with E-state index in [0.29, 0.717) is 22.4 Å². The third-order valence-electron chi connectivity index (χ3n) is 5.37. The molecule has 1 aromatic carbocycles. The highest BCUT2D eigenvalue weighted by Gasteiger charge is 2.45. The van der Waals surface area contributed by atoms with E-state index in [9.17, 15) is 4.79 Å². The van der Waals surface area contributed by atoms with E-state index in [1.165, 1.54) is 0 Å². The van der Waals surface area contributed by atoms with Crippen LogP contribution in [0.5, 0.6) is 5.75 Å². The van der Waals surface area contributed by atoms with Crippen molar-refractivity contribution < 1.29 is 19.7 Å². The van der Waals surface area contributed by atoms with Crippen molar-refractivity contribution in [2.75, 3.05) is 36.5 Å². The zero-order valence-electron chi connectivity index (χ0n) is 15.3. The van der Waals surface area contributed by atoms with Gasteiger partial charge in [-0.1, -0.05) is 0 Å². The number of ether oxygens (including phenoxy) is 1. The average Bonchev–Trinajstić information content (AvgIpc) is 2.67. The normalized spacial score (nSPS) is 18.1. The molecule has 2 saturated heterocycles. The van der Waals surface area contributed by atoms with Gasteiger partial charge in [-0.15, -0.1) is 0 Å². The maximum absolute atomic E-state index is 12.9. The number of carbonyl (C=O) groups excluding carboxylic acids is 1. The summed E-state index contributed by atoms with van der Waals surface area (Å²) in [6.45, 7) is 5.38. The predicted octanol–water partition coefficient (Wildman–Crippen LogP) is 3.11. The Balaban J connectivity index is 1.51. The van der Waals surface area contributed by atoms with Crippen LogP contribution in [0.4, 0.5) is 11.5 Å². The van der Waals surface area contributed by atoms with Crippen LogP contribution < -0.4 is 15.1 Å². The molecule has 1 amide bonds. The lowest BCUT2D eigenvalue weighted by Gasteiger charge is -2.53. The molecule has 2 aromatic rings. The van der Waals surface area contributed by atoms with Crippen LogP contribution in [0.25, 0.3) is 0 Å². The van der Waals surface area contributed by atoms with Gasteiger partial charge in [-0.3, -0.25) is 4.79 Å². The molecule has 2 aliphatic rings. The number of hydrogen-bond acceptors (Lipinski definition) is 6. The summed E-state index contributed by atoms with van der Waals surface area (Å²) in [5.41, 5.74) is 2.44. The number of hydrogen-bond donors (Lipinski definition) is 2. The number of anilines is 2. The Bertz CT molecular complexity index is 824. The number of nitrogens with zero attached hydrogens (tertiary/aromatic N) is 2. The molecule has 142 valence electrons. The second-order valence-corrected chi connectivity index (χ2v) is 7.42. The zero-order valence-corrected chi connectivity index (χ0v) is 15.3. The Morgan fingerprint density at radius 2 is 1.96 bits per heavy atom. The van der Waals surface area contributed by atoms with Crippen LogP contribution in [0.15, 0.2) is 36.5 Å². The number of aryl methyl sites for hydroxylation is 1. The molecule has 1 aromatic heterocycles. The van der Waals surface area contributed by atoms with Gasteiger partial charge in [0.15, 0.2) is 5.75 Å². The smallest absolute Gasteiger partial charge is 0.259 e. The molecule has 7 heteroatoms. The second-order valence-electron chi connectivity index (χ2n) is 7.42. The van der Waals surface area contributed by atoms with Gasteiger partial charge in [-0.25, -0.2) is 10.2 Å². The largest absolute Gasteiger partial charge is 0.381 e. The summed E-state index contributed by atoms with van der Waals surface area (Å²) < 4.78 is 5.48. The SMILES string of the molecule is Cc1cnc(N2CC3(CCOCC3)C2)c(C(=O)Nc2ccc(OO)cc2)c1. The third-order valence-corrected chi connectivity index (χ3v) is 5.37. The molecule has 0 aliphatic carbocycles. The minimum absolute atomic E-state index is 0.202. The van der Waals surface area contributed by atoms with Crippen LogP contribution in [-0.4, -0.2) is 42.5 Å². The molecule has 0 saturated carbocycles. The lowest BCUT2D eigenvalue weighted by atomic mass is 9.73. The van der Waals surface area contributed by atoms with Crippen molar-refractivity contribution in [3.05, 3.63) is 47.7 Å². The van der Waals surface area contributed by atoms with Crippen molar-refractivity contribution in [1.29, 1.82) is 0 Å². The van der Waals surface area contributed by atoms with Crippen LogP contribution in [0.1, 0.15) is 28.8 Å². The molecule has 0 radical (unpaired) electrons. The first-order valence-corrected chi connectivity index (χ1v) is 9.11. The van der Waals surface area contributed by atoms with Crippen LogP contribution in [0.2, 0.25) is 0 Å². The molecule has 0 atom stereocenters. The number of aromatic nitrogens is 1. The lowest BCUT2D eigenvalue weighted by Crippen LogP contribution is -2.59. The number of benzene rings is 1. The van der Waals surface area contributed by atoms with Gasteiger partial charge in [0, 0.05) is 43.6 Å². The van der Waals surface area contributed by atoms with Gasteiger partial charge in [-0.05, 0) is 55.7 Å². The molecule has 7 nitrogen and oxygen atoms in total. The van der Waals surface area contributed by atoms with Gasteiger partial charge >= 0.3 is 0 Å². The Morgan fingerprint density at radius 3 is 2.63 bits per heavy atom. The highest BCUT2D eigenvalue weighted by atomic mass is 17.1. The van der Waals surface area contributed by atoms with Gasteiger partial charge < -0.3 is 19.8 Å². The summed E-state index contributed by atoms with van der Waals surface area (Å²) >= 11 is 0. The zero-order chi connectivity index (χ0) is 18.9. The summed E-state index contributed by atoms with van der Waals surface area (Å²) in [5, 5.41) is 11.5. The van der Waals surface area contributed by atoms with E-state index in [0.717, 1.165) is 50.5 Å². The van der Waals surface area contributed by atoms with Crippen molar-refractivity contribution in [3.63, 3.8) is 0 Å². The monoisotopic (exact) mass is 369 g/mol. The second kappa shape index (κ2) is 7.17. The van der Waals surface area contributed by atoms with Crippen molar-refractivity contribution in [3.8, 4) is 5.75 Å². The van der Waals surface area contributed by atoms with Gasteiger partial charge in [0.05, 0.1) is 5.56 Å². The summed E-state index contributed by atoms with van der Waals surface area (Å²) in [6, 6.07) is 8.38. The number of amides is 1. The lowest BCUT2D eigenvalue weighted by molar-refractivity contribution is -0.137. The first kappa shape index (κ1) is 17.8. The molecule has 4 rings (SSSR count). The third kappa shape index (κ3) is 3.61. The van der Waals surface area contributed by atoms with E-state index in [2.05, 4.69) is 20.1 Å². The van der Waals surface area contributed by atoms with E-state index >= 15 is 0 Å². The van der Waals surface area contributed by atoms with Crippen LogP contribution in [0, 0.1) is 12.3 Å². The molecule has 0 bridgehead atoms. The Hall–Kier alpha value is -2.64. The molecular formula is C20H23N3O4. The van der Waals surface area contributed by atoms with Crippen LogP contribution in [0.3, 0.4) is 0 Å². The molecule has 0 unspecified atom stereocenters. The summed E-state index contributed by atoms with van der Waals surface area (Å²) in [4.78, 5) is 23.8. The fourth-order valence-corrected chi connectivity index (χ4v) is 3.81. The quantitative estimate of drug-likeness (QED) is 0.636. The standard InChI is InChI=1S/C20H23N3O4/c1-14-10-17(19(24)22-15-2-4-16(27-25)5-3-15)18(21-11-14)23-12-20(13-23)6-8-26-9-7-20/h2-5,10-11,25H,6-9,12-13H2,1H3,(H,22,24). The number of rotatable bonds is 4. The Kier molecular flexibility index (Phi) is 4.72. The van der Waals surface area contributed by atoms with Crippen molar-refractivity contribution in [2.24, 2.45) is 5.41 Å². The highest BCUT2D eigenvalue weighted by molar-refractivity contribution is 6.07. The minimum atomic E-state index is -0.202. The van der Waals surface area contributed by atoms with E-state index < -0.39 is 0 Å². The fraction of sp³-hybridized carbons (Fsp3) is 0.400. The maximum Gasteiger partial charge on any atom is 0.259 e. The predicted molar refractivity (Wildman–Crippen MR) is 101 cm³/mol. The van der Waals surface area contributed by atoms with Gasteiger partial charge in [-0.2, -0.15) is 0 Å².